The van der Waals surface area contributed by atoms with E-state index in [1.807, 2.05) is 12.1 Å². The van der Waals surface area contributed by atoms with Crippen LogP contribution in [0.5, 0.6) is 17.2 Å². The molecule has 2 atom stereocenters. The van der Waals surface area contributed by atoms with Gasteiger partial charge >= 0.3 is 0 Å². The van der Waals surface area contributed by atoms with Gasteiger partial charge in [-0.05, 0) is 24.1 Å². The third-order valence-electron chi connectivity index (χ3n) is 4.88. The fourth-order valence-electron chi connectivity index (χ4n) is 3.41. The SMILES string of the molecule is COc1cc(OC)c(C(=O)N2C[C@@H](Cc3ccncc3)[C@H](O)C2)cc1OC. The number of methoxy groups -OCH3 is 3. The number of amides is 1. The third-order valence-corrected chi connectivity index (χ3v) is 4.88. The van der Waals surface area contributed by atoms with E-state index in [0.717, 1.165) is 5.56 Å². The van der Waals surface area contributed by atoms with Crippen molar-refractivity contribution in [2.45, 2.75) is 12.5 Å². The van der Waals surface area contributed by atoms with Crippen LogP contribution in [0.2, 0.25) is 0 Å². The number of pyridine rings is 1. The normalized spacial score (nSPS) is 19.0. The molecule has 144 valence electrons. The van der Waals surface area contributed by atoms with E-state index in [9.17, 15) is 9.90 Å². The molecule has 0 aliphatic carbocycles. The molecule has 0 unspecified atom stereocenters. The Morgan fingerprint density at radius 1 is 1.07 bits per heavy atom. The molecule has 1 fully saturated rings. The molecule has 1 aliphatic rings. The van der Waals surface area contributed by atoms with Crippen LogP contribution in [0, 0.1) is 5.92 Å². The van der Waals surface area contributed by atoms with Gasteiger partial charge in [-0.3, -0.25) is 9.78 Å². The van der Waals surface area contributed by atoms with Crippen molar-refractivity contribution >= 4 is 5.91 Å². The van der Waals surface area contributed by atoms with Gasteiger partial charge < -0.3 is 24.2 Å². The summed E-state index contributed by atoms with van der Waals surface area (Å²) in [6, 6.07) is 7.10. The molecule has 0 radical (unpaired) electrons. The minimum Gasteiger partial charge on any atom is -0.496 e. The van der Waals surface area contributed by atoms with Crippen LogP contribution in [0.1, 0.15) is 15.9 Å². The van der Waals surface area contributed by atoms with Crippen LogP contribution < -0.4 is 14.2 Å². The van der Waals surface area contributed by atoms with Crippen molar-refractivity contribution in [3.63, 3.8) is 0 Å². The minimum absolute atomic E-state index is 0.0255. The Labute approximate surface area is 158 Å². The van der Waals surface area contributed by atoms with Crippen LogP contribution in [0.4, 0.5) is 0 Å². The highest BCUT2D eigenvalue weighted by molar-refractivity contribution is 5.98. The fraction of sp³-hybridized carbons (Fsp3) is 0.400. The average Bonchev–Trinajstić information content (AvgIpc) is 3.07. The number of aliphatic hydroxyl groups excluding tert-OH is 1. The lowest BCUT2D eigenvalue weighted by Gasteiger charge is -2.19. The largest absolute Gasteiger partial charge is 0.496 e. The van der Waals surface area contributed by atoms with Crippen LogP contribution >= 0.6 is 0 Å². The lowest BCUT2D eigenvalue weighted by Crippen LogP contribution is -2.30. The zero-order valence-electron chi connectivity index (χ0n) is 15.7. The van der Waals surface area contributed by atoms with Crippen LogP contribution in [0.15, 0.2) is 36.7 Å². The zero-order chi connectivity index (χ0) is 19.4. The number of carbonyl (C=O) groups excluding carboxylic acids is 1. The molecule has 1 aromatic heterocycles. The third kappa shape index (κ3) is 3.98. The van der Waals surface area contributed by atoms with Gasteiger partial charge in [-0.2, -0.15) is 0 Å². The molecule has 0 spiro atoms. The molecular formula is C20H24N2O5. The maximum atomic E-state index is 13.1. The number of aromatic nitrogens is 1. The van der Waals surface area contributed by atoms with Crippen LogP contribution in [-0.4, -0.2) is 61.4 Å². The summed E-state index contributed by atoms with van der Waals surface area (Å²) in [6.07, 6.45) is 3.58. The number of aliphatic hydroxyl groups is 1. The highest BCUT2D eigenvalue weighted by atomic mass is 16.5. The Bertz CT molecular complexity index is 796. The maximum Gasteiger partial charge on any atom is 0.257 e. The van der Waals surface area contributed by atoms with E-state index < -0.39 is 6.10 Å². The molecule has 1 saturated heterocycles. The number of carbonyl (C=O) groups is 1. The summed E-state index contributed by atoms with van der Waals surface area (Å²) >= 11 is 0. The summed E-state index contributed by atoms with van der Waals surface area (Å²) in [4.78, 5) is 18.7. The molecule has 1 amide bonds. The molecule has 1 aliphatic heterocycles. The molecule has 7 heteroatoms. The molecule has 1 N–H and O–H groups in total. The Kier molecular flexibility index (Phi) is 5.81. The predicted octanol–water partition coefficient (Wildman–Crippen LogP) is 1.78. The van der Waals surface area contributed by atoms with Crippen molar-refractivity contribution < 1.29 is 24.1 Å². The minimum atomic E-state index is -0.576. The Morgan fingerprint density at radius 3 is 2.33 bits per heavy atom. The van der Waals surface area contributed by atoms with E-state index in [-0.39, 0.29) is 18.4 Å². The second kappa shape index (κ2) is 8.26. The average molecular weight is 372 g/mol. The highest BCUT2D eigenvalue weighted by Gasteiger charge is 2.35. The van der Waals surface area contributed by atoms with Gasteiger partial charge in [0.1, 0.15) is 5.75 Å². The number of hydrogen-bond donors (Lipinski definition) is 1. The van der Waals surface area contributed by atoms with E-state index in [1.165, 1.54) is 21.3 Å². The zero-order valence-corrected chi connectivity index (χ0v) is 15.7. The quantitative estimate of drug-likeness (QED) is 0.833. The standard InChI is InChI=1S/C20H24N2O5/c1-25-17-10-19(27-3)18(26-2)9-15(17)20(24)22-11-14(16(23)12-22)8-13-4-6-21-7-5-13/h4-7,9-10,14,16,23H,8,11-12H2,1-3H3/t14-,16-/m1/s1. The number of β-amino-alcohol motifs (C(OH)–C–C–N with tert-alkyl or cyclic N) is 1. The molecule has 1 aromatic carbocycles. The molecule has 0 saturated carbocycles. The summed E-state index contributed by atoms with van der Waals surface area (Å²) < 4.78 is 15.9. The number of rotatable bonds is 6. The molecule has 2 heterocycles. The van der Waals surface area contributed by atoms with Crippen LogP contribution in [-0.2, 0) is 6.42 Å². The van der Waals surface area contributed by atoms with E-state index in [4.69, 9.17) is 14.2 Å². The summed E-state index contributed by atoms with van der Waals surface area (Å²) in [5, 5.41) is 10.4. The molecule has 27 heavy (non-hydrogen) atoms. The maximum absolute atomic E-state index is 13.1. The van der Waals surface area contributed by atoms with Gasteiger partial charge in [0.05, 0.1) is 33.0 Å². The molecule has 2 aromatic rings. The fourth-order valence-corrected chi connectivity index (χ4v) is 3.41. The first-order chi connectivity index (χ1) is 13.1. The summed E-state index contributed by atoms with van der Waals surface area (Å²) in [6.45, 7) is 0.756. The van der Waals surface area contributed by atoms with Crippen molar-refractivity contribution in [2.75, 3.05) is 34.4 Å². The van der Waals surface area contributed by atoms with E-state index in [0.29, 0.717) is 35.8 Å². The molecule has 3 rings (SSSR count). The van der Waals surface area contributed by atoms with Crippen molar-refractivity contribution in [3.05, 3.63) is 47.8 Å². The van der Waals surface area contributed by atoms with Gasteiger partial charge in [0.25, 0.3) is 5.91 Å². The summed E-state index contributed by atoms with van der Waals surface area (Å²) in [7, 11) is 4.55. The van der Waals surface area contributed by atoms with Gasteiger partial charge in [-0.1, -0.05) is 0 Å². The molecule has 7 nitrogen and oxygen atoms in total. The molecule has 0 bridgehead atoms. The van der Waals surface area contributed by atoms with Crippen molar-refractivity contribution in [2.24, 2.45) is 5.92 Å². The molecular weight excluding hydrogens is 348 g/mol. The summed E-state index contributed by atoms with van der Waals surface area (Å²) in [5.41, 5.74) is 1.47. The monoisotopic (exact) mass is 372 g/mol. The first-order valence-electron chi connectivity index (χ1n) is 8.73. The smallest absolute Gasteiger partial charge is 0.257 e. The van der Waals surface area contributed by atoms with Gasteiger partial charge in [0, 0.05) is 43.5 Å². The number of hydrogen-bond acceptors (Lipinski definition) is 6. The van der Waals surface area contributed by atoms with Gasteiger partial charge in [0.15, 0.2) is 11.5 Å². The first-order valence-corrected chi connectivity index (χ1v) is 8.73. The van der Waals surface area contributed by atoms with Gasteiger partial charge in [0.2, 0.25) is 0 Å². The Morgan fingerprint density at radius 2 is 1.70 bits per heavy atom. The first kappa shape index (κ1) is 19.0. The number of ether oxygens (including phenoxy) is 3. The lowest BCUT2D eigenvalue weighted by atomic mass is 9.97. The number of nitrogens with zero attached hydrogens (tertiary/aromatic N) is 2. The van der Waals surface area contributed by atoms with Crippen molar-refractivity contribution in [1.82, 2.24) is 9.88 Å². The van der Waals surface area contributed by atoms with Crippen molar-refractivity contribution in [1.29, 1.82) is 0 Å². The van der Waals surface area contributed by atoms with E-state index >= 15 is 0 Å². The number of likely N-dealkylation sites (tertiary alicyclic amines) is 1. The number of benzene rings is 1. The van der Waals surface area contributed by atoms with Crippen LogP contribution in [0.3, 0.4) is 0 Å². The Balaban J connectivity index is 1.80. The highest BCUT2D eigenvalue weighted by Crippen LogP contribution is 2.36. The van der Waals surface area contributed by atoms with Crippen LogP contribution in [0.25, 0.3) is 0 Å². The lowest BCUT2D eigenvalue weighted by molar-refractivity contribution is 0.0761. The second-order valence-electron chi connectivity index (χ2n) is 6.50. The predicted molar refractivity (Wildman–Crippen MR) is 99.4 cm³/mol. The van der Waals surface area contributed by atoms with E-state index in [1.54, 1.807) is 29.4 Å². The topological polar surface area (TPSA) is 81.1 Å². The Hall–Kier alpha value is -2.80. The van der Waals surface area contributed by atoms with E-state index in [2.05, 4.69) is 4.98 Å². The van der Waals surface area contributed by atoms with Crippen molar-refractivity contribution in [3.8, 4) is 17.2 Å². The van der Waals surface area contributed by atoms with Gasteiger partial charge in [-0.15, -0.1) is 0 Å². The van der Waals surface area contributed by atoms with Gasteiger partial charge in [-0.25, -0.2) is 0 Å². The second-order valence-corrected chi connectivity index (χ2v) is 6.50. The summed E-state index contributed by atoms with van der Waals surface area (Å²) in [5.74, 6) is 1.12.